The van der Waals surface area contributed by atoms with Crippen LogP contribution in [0, 0.1) is 46.5 Å². The van der Waals surface area contributed by atoms with Crippen LogP contribution in [-0.2, 0) is 35.7 Å². The monoisotopic (exact) mass is 2140 g/mol. The largest absolute Gasteiger partial charge is 0.487 e. The number of nitrogens with one attached hydrogen (secondary N) is 5. The van der Waals surface area contributed by atoms with Crippen LogP contribution in [-0.4, -0.2) is 139 Å². The average molecular weight is 2150 g/mol. The number of benzene rings is 8. The van der Waals surface area contributed by atoms with Crippen LogP contribution in [0.3, 0.4) is 0 Å². The Balaban J connectivity index is 0.000000129. The van der Waals surface area contributed by atoms with Gasteiger partial charge in [0.1, 0.15) is 72.7 Å². The number of nitrogens with zero attached hydrogens (tertiary/aromatic N) is 11. The van der Waals surface area contributed by atoms with Gasteiger partial charge >= 0.3 is 24.1 Å². The van der Waals surface area contributed by atoms with Crippen molar-refractivity contribution >= 4 is 227 Å². The normalized spacial score (nSPS) is 17.0. The van der Waals surface area contributed by atoms with E-state index in [0.717, 1.165) is 97.2 Å². The molecule has 8 aliphatic rings. The Kier molecular flexibility index (Phi) is 32.3. The summed E-state index contributed by atoms with van der Waals surface area (Å²) < 4.78 is 130. The minimum atomic E-state index is -0.694. The molecule has 8 aromatic carbocycles. The molecule has 4 aromatic heterocycles. The van der Waals surface area contributed by atoms with Crippen LogP contribution in [0.5, 0.6) is 5.75 Å². The van der Waals surface area contributed by atoms with Gasteiger partial charge in [-0.15, -0.1) is 0 Å². The van der Waals surface area contributed by atoms with E-state index >= 15 is 0 Å². The van der Waals surface area contributed by atoms with E-state index in [0.29, 0.717) is 217 Å². The van der Waals surface area contributed by atoms with Crippen molar-refractivity contribution in [1.82, 2.24) is 46.5 Å². The molecular weight excluding hydrogens is 2070 g/mol. The number of hydrogen-bond acceptors (Lipinski definition) is 20. The lowest BCUT2D eigenvalue weighted by Crippen LogP contribution is -2.46. The number of fused-ring (bicyclic) bond motifs is 4. The van der Waals surface area contributed by atoms with E-state index in [1.807, 2.05) is 36.9 Å². The van der Waals surface area contributed by atoms with Crippen molar-refractivity contribution in [2.75, 3.05) is 99.9 Å². The number of morpholine rings is 2. The predicted molar refractivity (Wildman–Crippen MR) is 531 cm³/mol. The van der Waals surface area contributed by atoms with Crippen LogP contribution in [0.15, 0.2) is 210 Å². The Morgan fingerprint density at radius 3 is 0.964 bits per heavy atom. The lowest BCUT2D eigenvalue weighted by Gasteiger charge is -2.39. The molecule has 0 spiro atoms. The van der Waals surface area contributed by atoms with Gasteiger partial charge in [-0.25, -0.2) is 74.2 Å². The zero-order valence-electron chi connectivity index (χ0n) is 73.6. The van der Waals surface area contributed by atoms with Gasteiger partial charge in [-0.3, -0.25) is 19.6 Å². The Bertz CT molecular complexity index is 6710. The Hall–Kier alpha value is -10.4. The molecule has 728 valence electrons. The summed E-state index contributed by atoms with van der Waals surface area (Å²) in [4.78, 5) is 83.8. The van der Waals surface area contributed by atoms with Crippen LogP contribution in [0.25, 0.3) is 0 Å². The quantitative estimate of drug-likeness (QED) is 0.0464. The van der Waals surface area contributed by atoms with Gasteiger partial charge in [0, 0.05) is 89.2 Å². The maximum absolute atomic E-state index is 14.6. The van der Waals surface area contributed by atoms with Gasteiger partial charge in [0.15, 0.2) is 5.75 Å². The first-order valence-electron chi connectivity index (χ1n) is 43.6. The molecule has 6 N–H and O–H groups in total. The molecule has 4 saturated heterocycles. The first-order chi connectivity index (χ1) is 67.3. The second-order valence-corrected chi connectivity index (χ2v) is 40.0. The molecule has 2 atom stereocenters. The Morgan fingerprint density at radius 1 is 0.364 bits per heavy atom. The van der Waals surface area contributed by atoms with Gasteiger partial charge < -0.3 is 60.6 Å². The number of aromatic nitrogens is 4. The third kappa shape index (κ3) is 22.8. The molecule has 0 bridgehead atoms. The summed E-state index contributed by atoms with van der Waals surface area (Å²) in [6, 6.07) is 39.3. The number of aliphatic hydroxyl groups is 1. The molecule has 24 nitrogen and oxygen atoms in total. The summed E-state index contributed by atoms with van der Waals surface area (Å²) in [6.45, 7) is 10.7. The molecule has 8 aliphatic heterocycles. The zero-order valence-corrected chi connectivity index (χ0v) is 82.9. The molecule has 12 heterocycles. The number of carbonyl (C=O) groups is 4. The molecule has 2 unspecified atom stereocenters. The first kappa shape index (κ1) is 101. The molecule has 12 aromatic rings. The number of anilines is 11. The third-order valence-electron chi connectivity index (χ3n) is 23.0. The van der Waals surface area contributed by atoms with E-state index in [1.165, 1.54) is 68.1 Å². The van der Waals surface area contributed by atoms with Crippen LogP contribution in [0.1, 0.15) is 62.3 Å². The number of urea groups is 4. The molecule has 20 rings (SSSR count). The summed E-state index contributed by atoms with van der Waals surface area (Å²) in [5, 5.41) is 28.9. The number of amides is 8. The fourth-order valence-electron chi connectivity index (χ4n) is 16.5. The molecule has 0 radical (unpaired) electrons. The van der Waals surface area contributed by atoms with Crippen molar-refractivity contribution in [2.24, 2.45) is 0 Å². The van der Waals surface area contributed by atoms with E-state index in [1.54, 1.807) is 78.9 Å². The van der Waals surface area contributed by atoms with Crippen molar-refractivity contribution in [2.45, 2.75) is 130 Å². The highest BCUT2D eigenvalue weighted by Crippen LogP contribution is 2.52. The minimum absolute atomic E-state index is 0.0531. The topological polar surface area (TPSA) is 251 Å². The third-order valence-corrected chi connectivity index (χ3v) is 29.6. The fourth-order valence-corrected chi connectivity index (χ4v) is 22.5. The molecule has 0 saturated carbocycles. The molecule has 8 amide bonds. The molecule has 140 heavy (non-hydrogen) atoms. The van der Waals surface area contributed by atoms with Crippen molar-refractivity contribution in [3.63, 3.8) is 0 Å². The number of pyridine rings is 4. The number of aliphatic hydroxyl groups excluding tert-OH is 1. The van der Waals surface area contributed by atoms with Crippen LogP contribution in [0.4, 0.5) is 117 Å². The smallest absolute Gasteiger partial charge is 0.326 e. The molecular formula is C96H80Cl8F8N16O8S4. The summed E-state index contributed by atoms with van der Waals surface area (Å²) in [5.74, 6) is -4.95. The maximum Gasteiger partial charge on any atom is 0.326 e. The summed E-state index contributed by atoms with van der Waals surface area (Å²) in [6.07, 6.45) is 2.11. The van der Waals surface area contributed by atoms with Crippen LogP contribution >= 0.6 is 140 Å². The highest BCUT2D eigenvalue weighted by molar-refractivity contribution is 8.00. The van der Waals surface area contributed by atoms with Gasteiger partial charge in [-0.1, -0.05) is 164 Å². The average Bonchev–Trinajstić information content (AvgIpc) is 0.760. The van der Waals surface area contributed by atoms with E-state index in [-0.39, 0.29) is 76.1 Å². The number of rotatable bonds is 17. The van der Waals surface area contributed by atoms with Gasteiger partial charge in [0.25, 0.3) is 0 Å². The SMILES string of the molecule is CC1CN(c2cc3c(nc2Sc2ccc(F)cc2F)CNC(=O)N3c2c(Cl)cccc2Cl)CC(C)O1.O=C1NCc2nc(Sc3ccc(F)cc3F)c(N3CCC(O)CC3)cc2N1c1c(Cl)cccc1Cl.O=C1NCc2nc(Sc3ccc(F)cc3F)c(N3CCOCC3)cc2N1c1c(Cl)cccc1Cl.O=C1NCc2nc(Sc3ccc(F)cc3F)c(OC3CCNCC3)cc2N1c1c(Cl)cccc1Cl. The lowest BCUT2D eigenvalue weighted by atomic mass is 10.1. The van der Waals surface area contributed by atoms with Gasteiger partial charge in [0.2, 0.25) is 0 Å². The number of para-hydroxylation sites is 4. The number of halogens is 16. The summed E-state index contributed by atoms with van der Waals surface area (Å²) in [7, 11) is 0. The summed E-state index contributed by atoms with van der Waals surface area (Å²) >= 11 is 55.8. The predicted octanol–water partition coefficient (Wildman–Crippen LogP) is 25.3. The van der Waals surface area contributed by atoms with Crippen molar-refractivity contribution in [3.05, 3.63) is 279 Å². The minimum Gasteiger partial charge on any atom is -0.487 e. The van der Waals surface area contributed by atoms with E-state index < -0.39 is 64.7 Å². The second-order valence-electron chi connectivity index (χ2n) is 32.6. The second kappa shape index (κ2) is 44.7. The fraction of sp³-hybridized carbons (Fsp3) is 0.250. The van der Waals surface area contributed by atoms with Gasteiger partial charge in [-0.2, -0.15) is 0 Å². The van der Waals surface area contributed by atoms with E-state index in [2.05, 4.69) is 36.4 Å². The zero-order chi connectivity index (χ0) is 98.6. The molecule has 0 aliphatic carbocycles. The number of ether oxygens (including phenoxy) is 3. The van der Waals surface area contributed by atoms with Gasteiger partial charge in [-0.05, 0) is 168 Å². The van der Waals surface area contributed by atoms with Crippen molar-refractivity contribution in [3.8, 4) is 5.75 Å². The molecule has 44 heteroatoms. The lowest BCUT2D eigenvalue weighted by molar-refractivity contribution is -0.00540. The number of carbonyl (C=O) groups excluding carboxylic acids is 4. The van der Waals surface area contributed by atoms with Crippen LogP contribution in [0.2, 0.25) is 40.2 Å². The number of hydrogen-bond donors (Lipinski definition) is 6. The van der Waals surface area contributed by atoms with Crippen molar-refractivity contribution < 1.29 is 73.6 Å². The standard InChI is InChI=1S/C25H22Cl2F2N4O2S.2C24H20Cl2F2N4O2S.C23H18Cl2F2N4O2S/c1-13-11-32(12-14(2)35-13)21-9-20-19(31-24(21)36-22-7-6-15(28)8-18(22)29)10-30-25(34)33(20)23-16(26)4-3-5-17(23)27;25-15-2-1-3-16(26)22(15)32-19-11-20(31-8-6-14(33)7-9-31)23(30-18(19)12-29-24(32)34)35-21-5-4-13(27)10-17(21)28;25-15-2-1-3-16(26)22(15)32-19-11-20(34-14-6-8-29-9-7-14)23(31-18(19)12-30-24(32)33)35-21-5-4-13(27)10-17(21)28;24-14-2-1-3-15(25)21(14)31-18-11-19(30-6-8-33-9-7-30)22(29-17(18)12-28-23(31)32)34-20-5-4-13(26)10-16(20)27/h3-9,13-14H,10-12H2,1-2H3,(H,30,34);1-5,10-11,14,33H,6-9,12H2,(H,29,34);1-5,10-11,14,29H,6-9,12H2,(H,30,33);1-5,10-11H,6-9,12H2,(H,28,32). The highest BCUT2D eigenvalue weighted by Gasteiger charge is 2.40. The Labute approximate surface area is 854 Å². The van der Waals surface area contributed by atoms with E-state index in [4.69, 9.17) is 127 Å². The van der Waals surface area contributed by atoms with Crippen molar-refractivity contribution in [1.29, 1.82) is 0 Å². The van der Waals surface area contributed by atoms with E-state index in [9.17, 15) is 59.4 Å². The maximum atomic E-state index is 14.6. The Morgan fingerprint density at radius 2 is 0.650 bits per heavy atom. The van der Waals surface area contributed by atoms with Crippen LogP contribution < -0.4 is 65.6 Å². The highest BCUT2D eigenvalue weighted by atomic mass is 35.5. The molecule has 4 fully saturated rings. The summed E-state index contributed by atoms with van der Waals surface area (Å²) in [5.41, 5.74) is 7.69. The van der Waals surface area contributed by atoms with Gasteiger partial charge in [0.05, 0.1) is 183 Å². The number of piperidine rings is 2. The first-order valence-corrected chi connectivity index (χ1v) is 49.9.